The number of nitrogens with one attached hydrogen (secondary N) is 1. The molecule has 0 aromatic rings. The summed E-state index contributed by atoms with van der Waals surface area (Å²) >= 11 is 0. The molecule has 0 spiro atoms. The number of carbonyl (C=O) groups excluding carboxylic acids is 1. The van der Waals surface area contributed by atoms with Crippen LogP contribution in [0, 0.1) is 0 Å². The van der Waals surface area contributed by atoms with Gasteiger partial charge in [-0.1, -0.05) is 0 Å². The molecule has 4 heteroatoms. The minimum absolute atomic E-state index is 0.138. The van der Waals surface area contributed by atoms with E-state index in [0.29, 0.717) is 6.04 Å². The van der Waals surface area contributed by atoms with E-state index in [1.54, 1.807) is 4.90 Å². The summed E-state index contributed by atoms with van der Waals surface area (Å²) in [7, 11) is 3.62. The van der Waals surface area contributed by atoms with Gasteiger partial charge >= 0.3 is 6.03 Å². The summed E-state index contributed by atoms with van der Waals surface area (Å²) in [6.45, 7) is 4.91. The van der Waals surface area contributed by atoms with Crippen molar-refractivity contribution < 1.29 is 4.79 Å². The second-order valence-corrected chi connectivity index (χ2v) is 3.94. The topological polar surface area (TPSA) is 35.6 Å². The van der Waals surface area contributed by atoms with Crippen molar-refractivity contribution in [2.24, 2.45) is 0 Å². The van der Waals surface area contributed by atoms with Gasteiger partial charge in [0.1, 0.15) is 0 Å². The molecule has 82 valence electrons. The summed E-state index contributed by atoms with van der Waals surface area (Å²) in [4.78, 5) is 15.4. The van der Waals surface area contributed by atoms with Crippen molar-refractivity contribution in [3.05, 3.63) is 0 Å². The predicted molar refractivity (Wildman–Crippen MR) is 57.4 cm³/mol. The molecule has 0 saturated carbocycles. The summed E-state index contributed by atoms with van der Waals surface area (Å²) in [6, 6.07) is 0.565. The molecule has 1 aliphatic rings. The number of piperidine rings is 1. The number of rotatable bonds is 2. The van der Waals surface area contributed by atoms with Crippen LogP contribution in [0.25, 0.3) is 0 Å². The highest BCUT2D eigenvalue weighted by Gasteiger charge is 2.24. The lowest BCUT2D eigenvalue weighted by Crippen LogP contribution is -2.49. The molecule has 1 saturated heterocycles. The first-order valence-electron chi connectivity index (χ1n) is 5.35. The Kier molecular flexibility index (Phi) is 4.20. The molecule has 1 rings (SSSR count). The van der Waals surface area contributed by atoms with Crippen molar-refractivity contribution in [2.75, 3.05) is 33.7 Å². The van der Waals surface area contributed by atoms with Crippen LogP contribution in [-0.2, 0) is 0 Å². The van der Waals surface area contributed by atoms with Crippen LogP contribution in [-0.4, -0.2) is 55.6 Å². The fraction of sp³-hybridized carbons (Fsp3) is 0.900. The second-order valence-electron chi connectivity index (χ2n) is 3.94. The number of urea groups is 1. The first kappa shape index (κ1) is 11.3. The van der Waals surface area contributed by atoms with Crippen LogP contribution in [0.15, 0.2) is 0 Å². The molecule has 1 heterocycles. The number of amides is 2. The Balaban J connectivity index is 2.55. The molecule has 1 aliphatic heterocycles. The molecule has 4 nitrogen and oxygen atoms in total. The van der Waals surface area contributed by atoms with Gasteiger partial charge in [-0.2, -0.15) is 0 Å². The van der Waals surface area contributed by atoms with E-state index in [0.717, 1.165) is 32.5 Å². The van der Waals surface area contributed by atoms with E-state index < -0.39 is 0 Å². The molecule has 0 aromatic carbocycles. The summed E-state index contributed by atoms with van der Waals surface area (Å²) in [5.41, 5.74) is 0. The Morgan fingerprint density at radius 2 is 1.93 bits per heavy atom. The highest BCUT2D eigenvalue weighted by Crippen LogP contribution is 2.12. The highest BCUT2D eigenvalue weighted by atomic mass is 16.2. The average molecular weight is 199 g/mol. The molecule has 1 fully saturated rings. The maximum absolute atomic E-state index is 11.8. The van der Waals surface area contributed by atoms with E-state index in [9.17, 15) is 4.79 Å². The Hall–Kier alpha value is -0.770. The number of carbonyl (C=O) groups is 1. The summed E-state index contributed by atoms with van der Waals surface area (Å²) in [6.07, 6.45) is 2.15. The van der Waals surface area contributed by atoms with Gasteiger partial charge in [0.2, 0.25) is 0 Å². The van der Waals surface area contributed by atoms with E-state index in [4.69, 9.17) is 0 Å². The zero-order chi connectivity index (χ0) is 10.6. The van der Waals surface area contributed by atoms with Crippen LogP contribution in [0.2, 0.25) is 0 Å². The minimum atomic E-state index is 0.138. The molecule has 1 N–H and O–H groups in total. The third kappa shape index (κ3) is 2.61. The van der Waals surface area contributed by atoms with Crippen LogP contribution >= 0.6 is 0 Å². The van der Waals surface area contributed by atoms with Crippen molar-refractivity contribution >= 4 is 6.03 Å². The Labute approximate surface area is 86.2 Å². The lowest BCUT2D eigenvalue weighted by atomic mass is 10.1. The third-order valence-electron chi connectivity index (χ3n) is 2.72. The average Bonchev–Trinajstić information content (AvgIpc) is 2.20. The lowest BCUT2D eigenvalue weighted by molar-refractivity contribution is 0.140. The van der Waals surface area contributed by atoms with Crippen LogP contribution in [0.4, 0.5) is 4.79 Å². The molecule has 0 atom stereocenters. The van der Waals surface area contributed by atoms with Gasteiger partial charge in [0.25, 0.3) is 0 Å². The maximum atomic E-state index is 11.8. The Morgan fingerprint density at radius 3 is 2.36 bits per heavy atom. The fourth-order valence-corrected chi connectivity index (χ4v) is 1.92. The van der Waals surface area contributed by atoms with Crippen LogP contribution in [0.1, 0.15) is 19.8 Å². The van der Waals surface area contributed by atoms with E-state index >= 15 is 0 Å². The first-order chi connectivity index (χ1) is 6.66. The van der Waals surface area contributed by atoms with Crippen molar-refractivity contribution in [1.29, 1.82) is 0 Å². The zero-order valence-electron chi connectivity index (χ0n) is 9.42. The molecule has 14 heavy (non-hydrogen) atoms. The summed E-state index contributed by atoms with van der Waals surface area (Å²) < 4.78 is 0. The van der Waals surface area contributed by atoms with Gasteiger partial charge in [-0.15, -0.1) is 0 Å². The quantitative estimate of drug-likeness (QED) is 0.712. The van der Waals surface area contributed by atoms with Crippen LogP contribution < -0.4 is 5.32 Å². The summed E-state index contributed by atoms with van der Waals surface area (Å²) in [5, 5.41) is 3.31. The minimum Gasteiger partial charge on any atom is -0.331 e. The van der Waals surface area contributed by atoms with Crippen molar-refractivity contribution in [3.63, 3.8) is 0 Å². The van der Waals surface area contributed by atoms with Gasteiger partial charge in [-0.25, -0.2) is 4.79 Å². The zero-order valence-corrected chi connectivity index (χ0v) is 9.42. The summed E-state index contributed by atoms with van der Waals surface area (Å²) in [5.74, 6) is 0. The van der Waals surface area contributed by atoms with Gasteiger partial charge in [-0.05, 0) is 32.9 Å². The predicted octanol–water partition coefficient (Wildman–Crippen LogP) is 0.742. The van der Waals surface area contributed by atoms with Gasteiger partial charge < -0.3 is 15.1 Å². The van der Waals surface area contributed by atoms with E-state index in [2.05, 4.69) is 5.32 Å². The number of hydrogen-bond donors (Lipinski definition) is 1. The molecular formula is C10H21N3O. The smallest absolute Gasteiger partial charge is 0.319 e. The third-order valence-corrected chi connectivity index (χ3v) is 2.72. The van der Waals surface area contributed by atoms with Gasteiger partial charge in [0.15, 0.2) is 0 Å². The Morgan fingerprint density at radius 1 is 1.36 bits per heavy atom. The SMILES string of the molecule is CCN(C(=O)N(C)C)C1CCNCC1. The second kappa shape index (κ2) is 5.20. The molecular weight excluding hydrogens is 178 g/mol. The molecule has 0 unspecified atom stereocenters. The fourth-order valence-electron chi connectivity index (χ4n) is 1.92. The van der Waals surface area contributed by atoms with E-state index in [1.807, 2.05) is 25.9 Å². The molecule has 0 aliphatic carbocycles. The van der Waals surface area contributed by atoms with Gasteiger partial charge in [-0.3, -0.25) is 0 Å². The number of nitrogens with zero attached hydrogens (tertiary/aromatic N) is 2. The van der Waals surface area contributed by atoms with Crippen molar-refractivity contribution in [2.45, 2.75) is 25.8 Å². The monoisotopic (exact) mass is 199 g/mol. The Bertz CT molecular complexity index is 188. The first-order valence-corrected chi connectivity index (χ1v) is 5.35. The van der Waals surface area contributed by atoms with E-state index in [-0.39, 0.29) is 6.03 Å². The normalized spacial score (nSPS) is 17.9. The molecule has 0 radical (unpaired) electrons. The molecule has 0 bridgehead atoms. The van der Waals surface area contributed by atoms with E-state index in [1.165, 1.54) is 0 Å². The highest BCUT2D eigenvalue weighted by molar-refractivity contribution is 5.74. The molecule has 2 amide bonds. The lowest BCUT2D eigenvalue weighted by Gasteiger charge is -2.35. The van der Waals surface area contributed by atoms with Crippen LogP contribution in [0.3, 0.4) is 0 Å². The van der Waals surface area contributed by atoms with Crippen molar-refractivity contribution in [1.82, 2.24) is 15.1 Å². The number of hydrogen-bond acceptors (Lipinski definition) is 2. The van der Waals surface area contributed by atoms with Gasteiger partial charge in [0, 0.05) is 26.7 Å². The van der Waals surface area contributed by atoms with Crippen LogP contribution in [0.5, 0.6) is 0 Å². The maximum Gasteiger partial charge on any atom is 0.319 e. The largest absolute Gasteiger partial charge is 0.331 e. The van der Waals surface area contributed by atoms with Crippen molar-refractivity contribution in [3.8, 4) is 0 Å². The van der Waals surface area contributed by atoms with Gasteiger partial charge in [0.05, 0.1) is 0 Å². The standard InChI is InChI=1S/C10H21N3O/c1-4-13(10(14)12(2)3)9-5-7-11-8-6-9/h9,11H,4-8H2,1-3H3. The molecule has 0 aromatic heterocycles.